The maximum absolute atomic E-state index is 11.2. The summed E-state index contributed by atoms with van der Waals surface area (Å²) in [6, 6.07) is 1.74. The van der Waals surface area contributed by atoms with E-state index < -0.39 is 0 Å². The molecule has 3 nitrogen and oxygen atoms in total. The zero-order valence-electron chi connectivity index (χ0n) is 7.68. The number of carbonyl (C=O) groups excluding carboxylic acids is 1. The highest BCUT2D eigenvalue weighted by atomic mass is 35.5. The molecule has 0 aliphatic rings. The van der Waals surface area contributed by atoms with Crippen LogP contribution >= 0.6 is 23.2 Å². The van der Waals surface area contributed by atoms with Crippen LogP contribution in [-0.4, -0.2) is 16.8 Å². The molecule has 0 aliphatic heterocycles. The van der Waals surface area contributed by atoms with Crippen molar-refractivity contribution in [2.45, 2.75) is 13.3 Å². The number of halogens is 2. The van der Waals surface area contributed by atoms with E-state index in [0.717, 1.165) is 5.56 Å². The van der Waals surface area contributed by atoms with Crippen molar-refractivity contribution in [3.05, 3.63) is 22.8 Å². The number of amides is 1. The molecule has 0 fully saturated rings. The van der Waals surface area contributed by atoms with Crippen LogP contribution in [0.4, 0.5) is 5.82 Å². The van der Waals surface area contributed by atoms with Gasteiger partial charge in [0.15, 0.2) is 0 Å². The van der Waals surface area contributed by atoms with Crippen molar-refractivity contribution in [1.82, 2.24) is 4.98 Å². The molecule has 1 amide bonds. The quantitative estimate of drug-likeness (QED) is 0.815. The van der Waals surface area contributed by atoms with Gasteiger partial charge in [0.1, 0.15) is 5.82 Å². The molecule has 0 saturated heterocycles. The Labute approximate surface area is 92.4 Å². The summed E-state index contributed by atoms with van der Waals surface area (Å²) < 4.78 is 0. The third-order valence-corrected chi connectivity index (χ3v) is 2.02. The van der Waals surface area contributed by atoms with E-state index in [1.165, 1.54) is 6.20 Å². The Balaban J connectivity index is 2.72. The molecule has 0 saturated carbocycles. The van der Waals surface area contributed by atoms with Gasteiger partial charge in [-0.1, -0.05) is 11.6 Å². The van der Waals surface area contributed by atoms with Gasteiger partial charge in [-0.05, 0) is 18.6 Å². The Kier molecular flexibility index (Phi) is 4.17. The topological polar surface area (TPSA) is 42.0 Å². The number of rotatable bonds is 3. The van der Waals surface area contributed by atoms with Gasteiger partial charge in [0, 0.05) is 18.5 Å². The zero-order valence-corrected chi connectivity index (χ0v) is 9.19. The second-order valence-electron chi connectivity index (χ2n) is 2.81. The SMILES string of the molecule is Cc1cc(Cl)cnc1NC(=O)CCCl. The first kappa shape index (κ1) is 11.3. The van der Waals surface area contributed by atoms with Crippen LogP contribution in [0.25, 0.3) is 0 Å². The molecule has 0 aromatic carbocycles. The number of carbonyl (C=O) groups is 1. The monoisotopic (exact) mass is 232 g/mol. The average Bonchev–Trinajstić information content (AvgIpc) is 2.10. The molecule has 1 rings (SSSR count). The standard InChI is InChI=1S/C9H10Cl2N2O/c1-6-4-7(11)5-12-9(6)13-8(14)2-3-10/h4-5H,2-3H2,1H3,(H,12,13,14). The average molecular weight is 233 g/mol. The molecule has 14 heavy (non-hydrogen) atoms. The lowest BCUT2D eigenvalue weighted by Gasteiger charge is -2.06. The molecule has 1 aromatic rings. The number of nitrogens with zero attached hydrogens (tertiary/aromatic N) is 1. The highest BCUT2D eigenvalue weighted by Gasteiger charge is 2.05. The number of alkyl halides is 1. The van der Waals surface area contributed by atoms with Crippen molar-refractivity contribution in [3.63, 3.8) is 0 Å². The molecule has 0 aliphatic carbocycles. The largest absolute Gasteiger partial charge is 0.310 e. The normalized spacial score (nSPS) is 9.93. The Hall–Kier alpha value is -0.800. The van der Waals surface area contributed by atoms with Crippen LogP contribution in [0.3, 0.4) is 0 Å². The molecule has 5 heteroatoms. The van der Waals surface area contributed by atoms with Crippen LogP contribution in [0.1, 0.15) is 12.0 Å². The molecule has 1 N–H and O–H groups in total. The maximum atomic E-state index is 11.2. The molecule has 1 heterocycles. The summed E-state index contributed by atoms with van der Waals surface area (Å²) >= 11 is 11.1. The molecule has 0 spiro atoms. The summed E-state index contributed by atoms with van der Waals surface area (Å²) in [6.45, 7) is 1.83. The Morgan fingerprint density at radius 1 is 1.64 bits per heavy atom. The predicted molar refractivity (Wildman–Crippen MR) is 58.0 cm³/mol. The Morgan fingerprint density at radius 2 is 2.36 bits per heavy atom. The molecule has 0 unspecified atom stereocenters. The van der Waals surface area contributed by atoms with E-state index in [4.69, 9.17) is 23.2 Å². The molecule has 0 atom stereocenters. The van der Waals surface area contributed by atoms with E-state index in [1.54, 1.807) is 6.07 Å². The van der Waals surface area contributed by atoms with Crippen LogP contribution in [0.15, 0.2) is 12.3 Å². The second-order valence-corrected chi connectivity index (χ2v) is 3.62. The molecule has 76 valence electrons. The van der Waals surface area contributed by atoms with Crippen molar-refractivity contribution in [3.8, 4) is 0 Å². The molecular weight excluding hydrogens is 223 g/mol. The van der Waals surface area contributed by atoms with E-state index in [9.17, 15) is 4.79 Å². The van der Waals surface area contributed by atoms with E-state index in [1.807, 2.05) is 6.92 Å². The van der Waals surface area contributed by atoms with Crippen LogP contribution in [-0.2, 0) is 4.79 Å². The van der Waals surface area contributed by atoms with Gasteiger partial charge in [-0.2, -0.15) is 0 Å². The lowest BCUT2D eigenvalue weighted by Crippen LogP contribution is -2.13. The van der Waals surface area contributed by atoms with E-state index in [0.29, 0.717) is 16.7 Å². The van der Waals surface area contributed by atoms with Crippen LogP contribution in [0.5, 0.6) is 0 Å². The fourth-order valence-electron chi connectivity index (χ4n) is 0.952. The highest BCUT2D eigenvalue weighted by Crippen LogP contribution is 2.16. The van der Waals surface area contributed by atoms with Crippen molar-refractivity contribution in [2.75, 3.05) is 11.2 Å². The highest BCUT2D eigenvalue weighted by molar-refractivity contribution is 6.30. The van der Waals surface area contributed by atoms with Crippen LogP contribution < -0.4 is 5.32 Å². The minimum atomic E-state index is -0.141. The maximum Gasteiger partial charge on any atom is 0.226 e. The predicted octanol–water partition coefficient (Wildman–Crippen LogP) is 2.61. The van der Waals surface area contributed by atoms with Crippen molar-refractivity contribution >= 4 is 34.9 Å². The van der Waals surface area contributed by atoms with Crippen molar-refractivity contribution in [1.29, 1.82) is 0 Å². The van der Waals surface area contributed by atoms with Gasteiger partial charge in [-0.25, -0.2) is 4.98 Å². The summed E-state index contributed by atoms with van der Waals surface area (Å²) in [5.74, 6) is 0.695. The number of nitrogens with one attached hydrogen (secondary N) is 1. The van der Waals surface area contributed by atoms with Crippen LogP contribution in [0.2, 0.25) is 5.02 Å². The number of aryl methyl sites for hydroxylation is 1. The van der Waals surface area contributed by atoms with E-state index in [2.05, 4.69) is 10.3 Å². The van der Waals surface area contributed by atoms with Gasteiger partial charge in [-0.15, -0.1) is 11.6 Å². The lowest BCUT2D eigenvalue weighted by atomic mass is 10.3. The number of aromatic nitrogens is 1. The minimum Gasteiger partial charge on any atom is -0.310 e. The van der Waals surface area contributed by atoms with E-state index in [-0.39, 0.29) is 12.3 Å². The van der Waals surface area contributed by atoms with Crippen LogP contribution in [0, 0.1) is 6.92 Å². The number of pyridine rings is 1. The van der Waals surface area contributed by atoms with Gasteiger partial charge < -0.3 is 5.32 Å². The minimum absolute atomic E-state index is 0.141. The first-order valence-corrected chi connectivity index (χ1v) is 5.02. The molecular formula is C9H10Cl2N2O. The molecule has 1 aromatic heterocycles. The smallest absolute Gasteiger partial charge is 0.226 e. The Morgan fingerprint density at radius 3 is 2.93 bits per heavy atom. The second kappa shape index (κ2) is 5.17. The lowest BCUT2D eigenvalue weighted by molar-refractivity contribution is -0.115. The third kappa shape index (κ3) is 3.16. The van der Waals surface area contributed by atoms with Crippen molar-refractivity contribution < 1.29 is 4.79 Å². The van der Waals surface area contributed by atoms with E-state index >= 15 is 0 Å². The number of anilines is 1. The van der Waals surface area contributed by atoms with Gasteiger partial charge in [0.2, 0.25) is 5.91 Å². The first-order valence-electron chi connectivity index (χ1n) is 4.11. The summed E-state index contributed by atoms with van der Waals surface area (Å²) in [7, 11) is 0. The summed E-state index contributed by atoms with van der Waals surface area (Å²) in [5.41, 5.74) is 0.834. The summed E-state index contributed by atoms with van der Waals surface area (Å²) in [4.78, 5) is 15.2. The summed E-state index contributed by atoms with van der Waals surface area (Å²) in [6.07, 6.45) is 1.77. The summed E-state index contributed by atoms with van der Waals surface area (Å²) in [5, 5.41) is 3.20. The molecule has 0 radical (unpaired) electrons. The zero-order chi connectivity index (χ0) is 10.6. The molecule has 0 bridgehead atoms. The fourth-order valence-corrected chi connectivity index (χ4v) is 1.34. The third-order valence-electron chi connectivity index (χ3n) is 1.62. The number of hydrogen-bond donors (Lipinski definition) is 1. The van der Waals surface area contributed by atoms with Gasteiger partial charge in [-0.3, -0.25) is 4.79 Å². The number of hydrogen-bond acceptors (Lipinski definition) is 2. The van der Waals surface area contributed by atoms with Crippen molar-refractivity contribution in [2.24, 2.45) is 0 Å². The van der Waals surface area contributed by atoms with Gasteiger partial charge >= 0.3 is 0 Å². The van der Waals surface area contributed by atoms with Gasteiger partial charge in [0.25, 0.3) is 0 Å². The fraction of sp³-hybridized carbons (Fsp3) is 0.333. The first-order chi connectivity index (χ1) is 6.63. The van der Waals surface area contributed by atoms with Gasteiger partial charge in [0.05, 0.1) is 5.02 Å². The Bertz CT molecular complexity index is 342.